The molecule has 0 unspecified atom stereocenters. The Morgan fingerprint density at radius 3 is 2.53 bits per heavy atom. The van der Waals surface area contributed by atoms with Gasteiger partial charge in [-0.05, 0) is 43.2 Å². The number of imide groups is 1. The molecule has 0 bridgehead atoms. The van der Waals surface area contributed by atoms with Gasteiger partial charge in [0.2, 0.25) is 11.8 Å². The van der Waals surface area contributed by atoms with Crippen LogP contribution < -0.4 is 0 Å². The number of hydrogen-bond donors (Lipinski definition) is 0. The van der Waals surface area contributed by atoms with Crippen molar-refractivity contribution in [2.75, 3.05) is 0 Å². The van der Waals surface area contributed by atoms with Gasteiger partial charge in [-0.25, -0.2) is 0 Å². The number of benzene rings is 1. The summed E-state index contributed by atoms with van der Waals surface area (Å²) >= 11 is 0. The Bertz CT molecular complexity index is 1380. The van der Waals surface area contributed by atoms with E-state index in [0.29, 0.717) is 27.9 Å². The Balaban J connectivity index is 1.47. The van der Waals surface area contributed by atoms with E-state index >= 15 is 0 Å². The molecular formula is C24H18F2N4O4. The van der Waals surface area contributed by atoms with E-state index in [2.05, 4.69) is 15.2 Å². The van der Waals surface area contributed by atoms with Crippen molar-refractivity contribution in [1.29, 1.82) is 0 Å². The molecule has 2 amide bonds. The highest BCUT2D eigenvalue weighted by atomic mass is 19.3. The fourth-order valence-electron chi connectivity index (χ4n) is 4.03. The number of pyridine rings is 1. The van der Waals surface area contributed by atoms with E-state index in [1.54, 1.807) is 44.4 Å². The van der Waals surface area contributed by atoms with Gasteiger partial charge in [0.15, 0.2) is 0 Å². The van der Waals surface area contributed by atoms with Gasteiger partial charge < -0.3 is 8.83 Å². The standard InChI is InChI=1S/C24H18F2N4O4/c1-24(2)17-5-3-4-16(14-8-9-33-12-14)18(17)22(31)30(23(24)32)11-15-7-6-13(10-27-15)20-28-29-21(34-20)19(25)26/h3-10,12,19H,11H2,1-2H3. The van der Waals surface area contributed by atoms with Crippen molar-refractivity contribution in [2.45, 2.75) is 32.2 Å². The Hall–Kier alpha value is -4.21. The van der Waals surface area contributed by atoms with Gasteiger partial charge in [-0.1, -0.05) is 18.2 Å². The topological polar surface area (TPSA) is 102 Å². The summed E-state index contributed by atoms with van der Waals surface area (Å²) in [5.74, 6) is -1.66. The smallest absolute Gasteiger partial charge is 0.314 e. The normalized spacial score (nSPS) is 15.1. The van der Waals surface area contributed by atoms with Gasteiger partial charge in [-0.2, -0.15) is 8.78 Å². The predicted octanol–water partition coefficient (Wildman–Crippen LogP) is 4.79. The van der Waals surface area contributed by atoms with E-state index in [4.69, 9.17) is 8.83 Å². The maximum Gasteiger partial charge on any atom is 0.314 e. The molecule has 1 aliphatic heterocycles. The highest BCUT2D eigenvalue weighted by molar-refractivity contribution is 6.15. The first-order valence-electron chi connectivity index (χ1n) is 10.4. The van der Waals surface area contributed by atoms with Crippen molar-refractivity contribution in [3.63, 3.8) is 0 Å². The Morgan fingerprint density at radius 1 is 1.06 bits per heavy atom. The number of halogens is 2. The summed E-state index contributed by atoms with van der Waals surface area (Å²) in [5, 5.41) is 6.89. The molecule has 4 aromatic rings. The predicted molar refractivity (Wildman–Crippen MR) is 115 cm³/mol. The van der Waals surface area contributed by atoms with Crippen LogP contribution in [0.5, 0.6) is 0 Å². The van der Waals surface area contributed by atoms with Gasteiger partial charge in [0.25, 0.3) is 11.8 Å². The summed E-state index contributed by atoms with van der Waals surface area (Å²) in [4.78, 5) is 32.3. The number of rotatable bonds is 5. The molecule has 0 saturated carbocycles. The number of hydrogen-bond acceptors (Lipinski definition) is 7. The second-order valence-corrected chi connectivity index (χ2v) is 8.35. The lowest BCUT2D eigenvalue weighted by Gasteiger charge is -2.38. The molecular weight excluding hydrogens is 446 g/mol. The number of amides is 2. The molecule has 0 fully saturated rings. The molecule has 4 heterocycles. The lowest BCUT2D eigenvalue weighted by Crippen LogP contribution is -2.51. The molecule has 0 saturated heterocycles. The first-order chi connectivity index (χ1) is 16.3. The number of carbonyl (C=O) groups excluding carboxylic acids is 2. The van der Waals surface area contributed by atoms with Crippen LogP contribution in [0, 0.1) is 0 Å². The van der Waals surface area contributed by atoms with E-state index in [9.17, 15) is 18.4 Å². The molecule has 5 rings (SSSR count). The summed E-state index contributed by atoms with van der Waals surface area (Å²) in [5.41, 5.74) is 2.32. The van der Waals surface area contributed by atoms with Crippen LogP contribution in [0.15, 0.2) is 64.0 Å². The Morgan fingerprint density at radius 2 is 1.88 bits per heavy atom. The van der Waals surface area contributed by atoms with Gasteiger partial charge in [0.1, 0.15) is 0 Å². The van der Waals surface area contributed by atoms with Crippen molar-refractivity contribution in [2.24, 2.45) is 0 Å². The van der Waals surface area contributed by atoms with Crippen molar-refractivity contribution in [3.8, 4) is 22.6 Å². The van der Waals surface area contributed by atoms with Gasteiger partial charge in [-0.15, -0.1) is 10.2 Å². The van der Waals surface area contributed by atoms with Crippen molar-refractivity contribution in [1.82, 2.24) is 20.1 Å². The highest BCUT2D eigenvalue weighted by Crippen LogP contribution is 2.40. The molecule has 0 atom stereocenters. The van der Waals surface area contributed by atoms with Crippen molar-refractivity contribution in [3.05, 3.63) is 77.8 Å². The van der Waals surface area contributed by atoms with E-state index in [1.165, 1.54) is 17.4 Å². The zero-order valence-corrected chi connectivity index (χ0v) is 18.2. The SMILES string of the molecule is CC1(C)C(=O)N(Cc2ccc(-c3nnc(C(F)F)o3)cn2)C(=O)c2c(-c3ccoc3)cccc21. The number of alkyl halides is 2. The summed E-state index contributed by atoms with van der Waals surface area (Å²) in [6, 6.07) is 10.3. The molecule has 1 aromatic carbocycles. The third-order valence-electron chi connectivity index (χ3n) is 5.83. The summed E-state index contributed by atoms with van der Waals surface area (Å²) < 4.78 is 35.5. The molecule has 34 heavy (non-hydrogen) atoms. The van der Waals surface area contributed by atoms with Crippen LogP contribution in [-0.2, 0) is 16.8 Å². The molecule has 0 spiro atoms. The minimum atomic E-state index is -2.87. The lowest BCUT2D eigenvalue weighted by molar-refractivity contribution is -0.134. The quantitative estimate of drug-likeness (QED) is 0.391. The monoisotopic (exact) mass is 464 g/mol. The Kier molecular flexibility index (Phi) is 5.07. The zero-order chi connectivity index (χ0) is 24.0. The molecule has 1 aliphatic rings. The molecule has 8 nitrogen and oxygen atoms in total. The Labute approximate surface area is 192 Å². The molecule has 0 N–H and O–H groups in total. The molecule has 10 heteroatoms. The molecule has 0 aliphatic carbocycles. The van der Waals surface area contributed by atoms with Crippen LogP contribution in [0.3, 0.4) is 0 Å². The second kappa shape index (κ2) is 7.98. The lowest BCUT2D eigenvalue weighted by atomic mass is 9.75. The van der Waals surface area contributed by atoms with Gasteiger partial charge >= 0.3 is 6.43 Å². The van der Waals surface area contributed by atoms with Gasteiger partial charge in [0, 0.05) is 11.8 Å². The largest absolute Gasteiger partial charge is 0.472 e. The number of fused-ring (bicyclic) bond motifs is 1. The third-order valence-corrected chi connectivity index (χ3v) is 5.83. The zero-order valence-electron chi connectivity index (χ0n) is 18.2. The van der Waals surface area contributed by atoms with Crippen LogP contribution in [0.2, 0.25) is 0 Å². The average molecular weight is 464 g/mol. The molecule has 172 valence electrons. The van der Waals surface area contributed by atoms with E-state index < -0.39 is 23.6 Å². The minimum absolute atomic E-state index is 0.0628. The maximum absolute atomic E-state index is 13.5. The van der Waals surface area contributed by atoms with Gasteiger partial charge in [0.05, 0.1) is 41.3 Å². The highest BCUT2D eigenvalue weighted by Gasteiger charge is 2.45. The summed E-state index contributed by atoms with van der Waals surface area (Å²) in [6.45, 7) is 3.49. The number of carbonyl (C=O) groups is 2. The minimum Gasteiger partial charge on any atom is -0.472 e. The van der Waals surface area contributed by atoms with Gasteiger partial charge in [-0.3, -0.25) is 19.5 Å². The average Bonchev–Trinajstić information content (AvgIpc) is 3.53. The molecule has 3 aromatic heterocycles. The first-order valence-corrected chi connectivity index (χ1v) is 10.4. The third kappa shape index (κ3) is 3.47. The van der Waals surface area contributed by atoms with Crippen LogP contribution in [-0.4, -0.2) is 31.9 Å². The van der Waals surface area contributed by atoms with Crippen LogP contribution >= 0.6 is 0 Å². The van der Waals surface area contributed by atoms with Crippen LogP contribution in [0.1, 0.15) is 47.8 Å². The van der Waals surface area contributed by atoms with Crippen molar-refractivity contribution < 1.29 is 27.2 Å². The number of furan rings is 1. The van der Waals surface area contributed by atoms with E-state index in [1.807, 2.05) is 12.1 Å². The first kappa shape index (κ1) is 21.6. The van der Waals surface area contributed by atoms with Crippen LogP contribution in [0.25, 0.3) is 22.6 Å². The second-order valence-electron chi connectivity index (χ2n) is 8.35. The summed E-state index contributed by atoms with van der Waals surface area (Å²) in [6.07, 6.45) is 1.57. The fourth-order valence-corrected chi connectivity index (χ4v) is 4.03. The maximum atomic E-state index is 13.5. The summed E-state index contributed by atoms with van der Waals surface area (Å²) in [7, 11) is 0. The van der Waals surface area contributed by atoms with Crippen LogP contribution in [0.4, 0.5) is 8.78 Å². The fraction of sp³-hybridized carbons (Fsp3) is 0.208. The van der Waals surface area contributed by atoms with Crippen molar-refractivity contribution >= 4 is 11.8 Å². The molecule has 0 radical (unpaired) electrons. The van der Waals surface area contributed by atoms with E-state index in [-0.39, 0.29) is 18.3 Å². The number of nitrogens with zero attached hydrogens (tertiary/aromatic N) is 4. The van der Waals surface area contributed by atoms with E-state index in [0.717, 1.165) is 5.56 Å². The number of aromatic nitrogens is 3.